The van der Waals surface area contributed by atoms with Crippen molar-refractivity contribution >= 4 is 5.97 Å². The molecule has 2 unspecified atom stereocenters. The lowest BCUT2D eigenvalue weighted by atomic mass is 10.0. The molecule has 0 amide bonds. The van der Waals surface area contributed by atoms with E-state index in [1.165, 1.54) is 6.20 Å². The van der Waals surface area contributed by atoms with Gasteiger partial charge in [-0.2, -0.15) is 0 Å². The first kappa shape index (κ1) is 14.0. The van der Waals surface area contributed by atoms with Crippen LogP contribution >= 0.6 is 0 Å². The molecule has 0 radical (unpaired) electrons. The van der Waals surface area contributed by atoms with Crippen LogP contribution in [0.3, 0.4) is 0 Å². The van der Waals surface area contributed by atoms with Crippen LogP contribution in [0.5, 0.6) is 0 Å². The maximum Gasteiger partial charge on any atom is 0.354 e. The van der Waals surface area contributed by atoms with E-state index in [9.17, 15) is 4.79 Å². The highest BCUT2D eigenvalue weighted by atomic mass is 16.5. The molecule has 0 spiro atoms. The molecule has 1 aliphatic rings. The lowest BCUT2D eigenvalue weighted by molar-refractivity contribution is -0.106. The first-order chi connectivity index (χ1) is 9.04. The summed E-state index contributed by atoms with van der Waals surface area (Å²) in [6, 6.07) is 3.33. The molecule has 1 aromatic rings. The van der Waals surface area contributed by atoms with Gasteiger partial charge in [0, 0.05) is 6.20 Å². The fraction of sp³-hybridized carbons (Fsp3) is 0.571. The number of carboxylic acid groups (broad SMARTS) is 1. The number of hydrogen-bond acceptors (Lipinski definition) is 4. The van der Waals surface area contributed by atoms with Crippen molar-refractivity contribution in [3.8, 4) is 0 Å². The number of rotatable bonds is 4. The van der Waals surface area contributed by atoms with Crippen LogP contribution in [0.15, 0.2) is 18.3 Å². The molecule has 0 aliphatic carbocycles. The molecule has 5 nitrogen and oxygen atoms in total. The Labute approximate surface area is 112 Å². The van der Waals surface area contributed by atoms with Gasteiger partial charge in [0.2, 0.25) is 0 Å². The van der Waals surface area contributed by atoms with Crippen LogP contribution in [0.2, 0.25) is 0 Å². The standard InChI is InChI=1S/C14H19NO4/c1-9-5-12(6-10(2)19-9)18-8-11-3-4-15-13(7-11)14(16)17/h3-4,7,9-10,12H,5-6,8H2,1-2H3,(H,16,17). The van der Waals surface area contributed by atoms with Crippen LogP contribution in [0.25, 0.3) is 0 Å². The predicted octanol–water partition coefficient (Wildman–Crippen LogP) is 2.25. The van der Waals surface area contributed by atoms with E-state index in [2.05, 4.69) is 4.98 Å². The third-order valence-corrected chi connectivity index (χ3v) is 3.18. The van der Waals surface area contributed by atoms with E-state index in [4.69, 9.17) is 14.6 Å². The van der Waals surface area contributed by atoms with Crippen LogP contribution in [0.1, 0.15) is 42.7 Å². The minimum atomic E-state index is -1.02. The van der Waals surface area contributed by atoms with E-state index in [1.54, 1.807) is 12.1 Å². The number of nitrogens with zero attached hydrogens (tertiary/aromatic N) is 1. The van der Waals surface area contributed by atoms with Gasteiger partial charge in [0.25, 0.3) is 0 Å². The van der Waals surface area contributed by atoms with Crippen molar-refractivity contribution in [1.82, 2.24) is 4.98 Å². The minimum Gasteiger partial charge on any atom is -0.477 e. The fourth-order valence-corrected chi connectivity index (χ4v) is 2.38. The van der Waals surface area contributed by atoms with Crippen LogP contribution < -0.4 is 0 Å². The number of carboxylic acids is 1. The van der Waals surface area contributed by atoms with Gasteiger partial charge >= 0.3 is 5.97 Å². The molecule has 1 N–H and O–H groups in total. The fourth-order valence-electron chi connectivity index (χ4n) is 2.38. The third-order valence-electron chi connectivity index (χ3n) is 3.18. The van der Waals surface area contributed by atoms with Crippen molar-refractivity contribution in [2.45, 2.75) is 51.6 Å². The second-order valence-corrected chi connectivity index (χ2v) is 5.02. The highest BCUT2D eigenvalue weighted by molar-refractivity contribution is 5.85. The highest BCUT2D eigenvalue weighted by Gasteiger charge is 2.24. The molecule has 0 bridgehead atoms. The first-order valence-corrected chi connectivity index (χ1v) is 6.50. The lowest BCUT2D eigenvalue weighted by Gasteiger charge is -2.32. The van der Waals surface area contributed by atoms with E-state index >= 15 is 0 Å². The molecule has 2 rings (SSSR count). The lowest BCUT2D eigenvalue weighted by Crippen LogP contribution is -2.34. The van der Waals surface area contributed by atoms with Crippen LogP contribution in [-0.4, -0.2) is 34.4 Å². The van der Waals surface area contributed by atoms with Crippen molar-refractivity contribution in [1.29, 1.82) is 0 Å². The summed E-state index contributed by atoms with van der Waals surface area (Å²) in [7, 11) is 0. The predicted molar refractivity (Wildman–Crippen MR) is 69.0 cm³/mol. The second kappa shape index (κ2) is 6.12. The summed E-state index contributed by atoms with van der Waals surface area (Å²) >= 11 is 0. The van der Waals surface area contributed by atoms with E-state index in [-0.39, 0.29) is 24.0 Å². The monoisotopic (exact) mass is 265 g/mol. The number of ether oxygens (including phenoxy) is 2. The highest BCUT2D eigenvalue weighted by Crippen LogP contribution is 2.22. The van der Waals surface area contributed by atoms with Gasteiger partial charge in [-0.1, -0.05) is 0 Å². The summed E-state index contributed by atoms with van der Waals surface area (Å²) in [5.74, 6) is -1.02. The zero-order chi connectivity index (χ0) is 13.8. The van der Waals surface area contributed by atoms with Crippen LogP contribution in [-0.2, 0) is 16.1 Å². The molecular weight excluding hydrogens is 246 g/mol. The number of pyridine rings is 1. The Hall–Kier alpha value is -1.46. The van der Waals surface area contributed by atoms with Gasteiger partial charge in [0.05, 0.1) is 24.9 Å². The Bertz CT molecular complexity index is 439. The largest absolute Gasteiger partial charge is 0.477 e. The van der Waals surface area contributed by atoms with Gasteiger partial charge in [0.15, 0.2) is 0 Å². The van der Waals surface area contributed by atoms with E-state index < -0.39 is 5.97 Å². The van der Waals surface area contributed by atoms with Crippen LogP contribution in [0, 0.1) is 0 Å². The number of aromatic nitrogens is 1. The molecule has 5 heteroatoms. The molecule has 1 aromatic heterocycles. The maximum absolute atomic E-state index is 10.8. The number of aromatic carboxylic acids is 1. The molecule has 0 saturated carbocycles. The summed E-state index contributed by atoms with van der Waals surface area (Å²) in [5.41, 5.74) is 0.883. The van der Waals surface area contributed by atoms with Crippen molar-refractivity contribution in [2.75, 3.05) is 0 Å². The summed E-state index contributed by atoms with van der Waals surface area (Å²) in [5, 5.41) is 8.88. The van der Waals surface area contributed by atoms with Crippen molar-refractivity contribution in [3.63, 3.8) is 0 Å². The molecule has 104 valence electrons. The smallest absolute Gasteiger partial charge is 0.354 e. The van der Waals surface area contributed by atoms with Crippen molar-refractivity contribution in [3.05, 3.63) is 29.6 Å². The quantitative estimate of drug-likeness (QED) is 0.904. The summed E-state index contributed by atoms with van der Waals surface area (Å²) in [6.45, 7) is 4.49. The van der Waals surface area contributed by atoms with Gasteiger partial charge in [-0.25, -0.2) is 9.78 Å². The van der Waals surface area contributed by atoms with E-state index in [0.717, 1.165) is 18.4 Å². The molecule has 1 saturated heterocycles. The Kier molecular flexibility index (Phi) is 4.50. The van der Waals surface area contributed by atoms with Crippen molar-refractivity contribution in [2.24, 2.45) is 0 Å². The zero-order valence-corrected chi connectivity index (χ0v) is 11.2. The first-order valence-electron chi connectivity index (χ1n) is 6.50. The van der Waals surface area contributed by atoms with Gasteiger partial charge in [-0.15, -0.1) is 0 Å². The van der Waals surface area contributed by atoms with Gasteiger partial charge < -0.3 is 14.6 Å². The topological polar surface area (TPSA) is 68.7 Å². The summed E-state index contributed by atoms with van der Waals surface area (Å²) in [6.07, 6.45) is 3.83. The van der Waals surface area contributed by atoms with Gasteiger partial charge in [0.1, 0.15) is 5.69 Å². The maximum atomic E-state index is 10.8. The molecule has 19 heavy (non-hydrogen) atoms. The Morgan fingerprint density at radius 2 is 2.16 bits per heavy atom. The normalized spacial score (nSPS) is 27.2. The second-order valence-electron chi connectivity index (χ2n) is 5.02. The third kappa shape index (κ3) is 4.01. The van der Waals surface area contributed by atoms with Gasteiger partial charge in [-0.3, -0.25) is 0 Å². The van der Waals surface area contributed by atoms with Gasteiger partial charge in [-0.05, 0) is 44.4 Å². The SMILES string of the molecule is CC1CC(OCc2ccnc(C(=O)O)c2)CC(C)O1. The number of hydrogen-bond donors (Lipinski definition) is 1. The summed E-state index contributed by atoms with van der Waals surface area (Å²) < 4.78 is 11.5. The Morgan fingerprint density at radius 1 is 1.47 bits per heavy atom. The Morgan fingerprint density at radius 3 is 2.79 bits per heavy atom. The average Bonchev–Trinajstić information content (AvgIpc) is 2.35. The summed E-state index contributed by atoms with van der Waals surface area (Å²) in [4.78, 5) is 14.6. The molecule has 1 fully saturated rings. The number of carbonyl (C=O) groups is 1. The molecule has 0 aromatic carbocycles. The van der Waals surface area contributed by atoms with Crippen LogP contribution in [0.4, 0.5) is 0 Å². The van der Waals surface area contributed by atoms with Crippen molar-refractivity contribution < 1.29 is 19.4 Å². The van der Waals surface area contributed by atoms with E-state index in [0.29, 0.717) is 6.61 Å². The molecule has 2 heterocycles. The molecule has 2 atom stereocenters. The minimum absolute atomic E-state index is 0.0508. The average molecular weight is 265 g/mol. The zero-order valence-electron chi connectivity index (χ0n) is 11.2. The molecule has 1 aliphatic heterocycles. The molecular formula is C14H19NO4. The van der Waals surface area contributed by atoms with E-state index in [1.807, 2.05) is 13.8 Å². The Balaban J connectivity index is 1.91.